The number of benzene rings is 2. The van der Waals surface area contributed by atoms with Crippen LogP contribution < -0.4 is 16.2 Å². The number of nitrogens with zero attached hydrogens (tertiary/aromatic N) is 1. The second-order valence-electron chi connectivity index (χ2n) is 6.89. The predicted octanol–water partition coefficient (Wildman–Crippen LogP) is 3.38. The molecule has 2 aromatic rings. The van der Waals surface area contributed by atoms with Gasteiger partial charge in [0.2, 0.25) is 5.91 Å². The van der Waals surface area contributed by atoms with Gasteiger partial charge < -0.3 is 10.4 Å². The molecule has 9 heteroatoms. The van der Waals surface area contributed by atoms with E-state index in [1.54, 1.807) is 24.3 Å². The Morgan fingerprint density at radius 3 is 2.45 bits per heavy atom. The van der Waals surface area contributed by atoms with Gasteiger partial charge in [-0.2, -0.15) is 0 Å². The van der Waals surface area contributed by atoms with Crippen LogP contribution in [0.1, 0.15) is 30.4 Å². The number of Topliss-reactive ketones (excluding diaryl/α,β-unsaturated/α-hetero) is 1. The third kappa shape index (κ3) is 4.53. The average Bonchev–Trinajstić information content (AvgIpc) is 2.63. The van der Waals surface area contributed by atoms with Gasteiger partial charge in [-0.05, 0) is 36.2 Å². The van der Waals surface area contributed by atoms with Gasteiger partial charge in [0.25, 0.3) is 0 Å². The summed E-state index contributed by atoms with van der Waals surface area (Å²) in [5.74, 6) is 3.76. The van der Waals surface area contributed by atoms with Crippen LogP contribution >= 0.6 is 23.2 Å². The first-order chi connectivity index (χ1) is 13.7. The number of hydrogen-bond acceptors (Lipinski definition) is 5. The van der Waals surface area contributed by atoms with E-state index < -0.39 is 17.9 Å². The number of carbonyl (C=O) groups excluding carboxylic acids is 2. The van der Waals surface area contributed by atoms with E-state index in [1.165, 1.54) is 19.1 Å². The summed E-state index contributed by atoms with van der Waals surface area (Å²) in [6, 6.07) is 8.83. The average molecular weight is 436 g/mol. The fraction of sp³-hybridized carbons (Fsp3) is 0.250. The van der Waals surface area contributed by atoms with E-state index in [4.69, 9.17) is 29.0 Å². The number of fused-ring (bicyclic) bond motifs is 1. The molecule has 1 amide bonds. The van der Waals surface area contributed by atoms with Crippen LogP contribution in [0.3, 0.4) is 0 Å². The van der Waals surface area contributed by atoms with Crippen LogP contribution in [-0.4, -0.2) is 28.8 Å². The van der Waals surface area contributed by atoms with Gasteiger partial charge in [-0.3, -0.25) is 14.6 Å². The van der Waals surface area contributed by atoms with E-state index in [0.29, 0.717) is 22.0 Å². The molecule has 0 bridgehead atoms. The number of carboxylic acids is 1. The number of carboxylic acid groups (broad SMARTS) is 1. The fourth-order valence-electron chi connectivity index (χ4n) is 3.50. The van der Waals surface area contributed by atoms with Crippen LogP contribution in [0, 0.1) is 0 Å². The van der Waals surface area contributed by atoms with Crippen molar-refractivity contribution in [3.63, 3.8) is 0 Å². The van der Waals surface area contributed by atoms with Gasteiger partial charge in [-0.15, -0.1) is 0 Å². The molecule has 2 unspecified atom stereocenters. The molecule has 2 atom stereocenters. The van der Waals surface area contributed by atoms with Crippen molar-refractivity contribution in [2.75, 3.05) is 10.3 Å². The predicted molar refractivity (Wildman–Crippen MR) is 111 cm³/mol. The number of hydrogen-bond donors (Lipinski definition) is 3. The SMILES string of the molecule is CC(=O)Nc1ccc(CC(=O)C2CC(C(=O)O)N(N)c3cc(Cl)cc(Cl)c32)cc1. The minimum absolute atomic E-state index is 0.00297. The lowest BCUT2D eigenvalue weighted by molar-refractivity contribution is -0.139. The van der Waals surface area contributed by atoms with Crippen molar-refractivity contribution >= 4 is 52.2 Å². The Labute approximate surface area is 177 Å². The zero-order valence-corrected chi connectivity index (χ0v) is 17.0. The normalized spacial score (nSPS) is 18.1. The number of halogens is 2. The number of ketones is 1. The molecule has 7 nitrogen and oxygen atoms in total. The van der Waals surface area contributed by atoms with Gasteiger partial charge in [0.15, 0.2) is 0 Å². The van der Waals surface area contributed by atoms with Crippen molar-refractivity contribution < 1.29 is 19.5 Å². The number of rotatable bonds is 5. The van der Waals surface area contributed by atoms with E-state index in [1.807, 2.05) is 0 Å². The number of carbonyl (C=O) groups is 3. The van der Waals surface area contributed by atoms with Gasteiger partial charge in [-0.25, -0.2) is 10.6 Å². The number of anilines is 2. The molecule has 3 rings (SSSR count). The number of hydrazine groups is 1. The number of nitrogens with two attached hydrogens (primary N) is 1. The quantitative estimate of drug-likeness (QED) is 0.620. The molecular formula is C20H19Cl2N3O4. The number of amides is 1. The summed E-state index contributed by atoms with van der Waals surface area (Å²) in [4.78, 5) is 35.9. The van der Waals surface area contributed by atoms with Crippen LogP contribution in [0.2, 0.25) is 10.0 Å². The molecule has 0 saturated carbocycles. The van der Waals surface area contributed by atoms with E-state index in [-0.39, 0.29) is 29.6 Å². The molecule has 0 aromatic heterocycles. The first kappa shape index (κ1) is 21.1. The third-order valence-corrected chi connectivity index (χ3v) is 5.35. The molecule has 1 aliphatic rings. The summed E-state index contributed by atoms with van der Waals surface area (Å²) < 4.78 is 0. The monoisotopic (exact) mass is 435 g/mol. The lowest BCUT2D eigenvalue weighted by Crippen LogP contribution is -2.51. The summed E-state index contributed by atoms with van der Waals surface area (Å²) in [5, 5.41) is 13.9. The van der Waals surface area contributed by atoms with Crippen LogP contribution in [0.25, 0.3) is 0 Å². The molecular weight excluding hydrogens is 417 g/mol. The summed E-state index contributed by atoms with van der Waals surface area (Å²) in [6.07, 6.45) is 0.0866. The van der Waals surface area contributed by atoms with E-state index in [0.717, 1.165) is 10.6 Å². The first-order valence-corrected chi connectivity index (χ1v) is 9.58. The second kappa shape index (κ2) is 8.41. The third-order valence-electron chi connectivity index (χ3n) is 4.82. The second-order valence-corrected chi connectivity index (χ2v) is 7.73. The highest BCUT2D eigenvalue weighted by Gasteiger charge is 2.40. The lowest BCUT2D eigenvalue weighted by Gasteiger charge is -2.37. The Morgan fingerprint density at radius 2 is 1.86 bits per heavy atom. The molecule has 152 valence electrons. The van der Waals surface area contributed by atoms with Gasteiger partial charge in [0, 0.05) is 40.6 Å². The molecule has 0 fully saturated rings. The molecule has 0 aliphatic carbocycles. The van der Waals surface area contributed by atoms with Crippen molar-refractivity contribution in [3.05, 3.63) is 57.6 Å². The Bertz CT molecular complexity index is 978. The molecule has 1 heterocycles. The van der Waals surface area contributed by atoms with Crippen molar-refractivity contribution in [1.82, 2.24) is 0 Å². The molecule has 29 heavy (non-hydrogen) atoms. The van der Waals surface area contributed by atoms with Gasteiger partial charge in [0.05, 0.1) is 5.69 Å². The zero-order chi connectivity index (χ0) is 21.3. The molecule has 1 aliphatic heterocycles. The fourth-order valence-corrected chi connectivity index (χ4v) is 4.11. The molecule has 4 N–H and O–H groups in total. The highest BCUT2D eigenvalue weighted by molar-refractivity contribution is 6.36. The summed E-state index contributed by atoms with van der Waals surface area (Å²) in [7, 11) is 0. The Morgan fingerprint density at radius 1 is 1.21 bits per heavy atom. The van der Waals surface area contributed by atoms with Gasteiger partial charge in [0.1, 0.15) is 11.8 Å². The van der Waals surface area contributed by atoms with E-state index >= 15 is 0 Å². The van der Waals surface area contributed by atoms with E-state index in [9.17, 15) is 19.5 Å². The Balaban J connectivity index is 1.90. The molecule has 0 saturated heterocycles. The minimum Gasteiger partial charge on any atom is -0.480 e. The molecule has 0 radical (unpaired) electrons. The van der Waals surface area contributed by atoms with Crippen LogP contribution in [0.4, 0.5) is 11.4 Å². The summed E-state index contributed by atoms with van der Waals surface area (Å²) in [5.41, 5.74) is 2.17. The maximum atomic E-state index is 13.1. The maximum absolute atomic E-state index is 13.1. The van der Waals surface area contributed by atoms with Gasteiger partial charge in [-0.1, -0.05) is 35.3 Å². The van der Waals surface area contributed by atoms with Gasteiger partial charge >= 0.3 is 5.97 Å². The minimum atomic E-state index is -1.13. The zero-order valence-electron chi connectivity index (χ0n) is 15.5. The summed E-state index contributed by atoms with van der Waals surface area (Å²) in [6.45, 7) is 1.41. The number of aliphatic carboxylic acids is 1. The largest absolute Gasteiger partial charge is 0.480 e. The highest BCUT2D eigenvalue weighted by atomic mass is 35.5. The molecule has 0 spiro atoms. The standard InChI is InChI=1S/C20H19Cl2N3O4/c1-10(26)24-13-4-2-11(3-5-13)6-18(27)14-9-17(20(28)29)25(23)16-8-12(21)7-15(22)19(14)16/h2-5,7-8,14,17H,6,9,23H2,1H3,(H,24,26)(H,28,29). The molecule has 2 aromatic carbocycles. The summed E-state index contributed by atoms with van der Waals surface area (Å²) >= 11 is 12.4. The maximum Gasteiger partial charge on any atom is 0.327 e. The first-order valence-electron chi connectivity index (χ1n) is 8.82. The van der Waals surface area contributed by atoms with Crippen molar-refractivity contribution in [1.29, 1.82) is 0 Å². The topological polar surface area (TPSA) is 113 Å². The van der Waals surface area contributed by atoms with Crippen molar-refractivity contribution in [2.24, 2.45) is 5.84 Å². The van der Waals surface area contributed by atoms with Crippen molar-refractivity contribution in [3.8, 4) is 0 Å². The lowest BCUT2D eigenvalue weighted by atomic mass is 9.81. The Kier molecular flexibility index (Phi) is 6.12. The Hall–Kier alpha value is -2.61. The van der Waals surface area contributed by atoms with Crippen molar-refractivity contribution in [2.45, 2.75) is 31.7 Å². The smallest absolute Gasteiger partial charge is 0.327 e. The van der Waals surface area contributed by atoms with Crippen LogP contribution in [0.5, 0.6) is 0 Å². The van der Waals surface area contributed by atoms with Crippen LogP contribution in [-0.2, 0) is 20.8 Å². The van der Waals surface area contributed by atoms with Crippen LogP contribution in [0.15, 0.2) is 36.4 Å². The highest BCUT2D eigenvalue weighted by Crippen LogP contribution is 2.43. The van der Waals surface area contributed by atoms with E-state index in [2.05, 4.69) is 5.32 Å². The number of nitrogens with one attached hydrogen (secondary N) is 1.